The van der Waals surface area contributed by atoms with Crippen LogP contribution >= 0.6 is 11.8 Å². The quantitative estimate of drug-likeness (QED) is 0.764. The number of halogens is 1. The zero-order valence-corrected chi connectivity index (χ0v) is 11.5. The summed E-state index contributed by atoms with van der Waals surface area (Å²) in [7, 11) is 1.87. The summed E-state index contributed by atoms with van der Waals surface area (Å²) < 4.78 is 12.7. The average molecular weight is 267 g/mol. The summed E-state index contributed by atoms with van der Waals surface area (Å²) in [6, 6.07) is 6.59. The van der Waals surface area contributed by atoms with Crippen LogP contribution in [0.25, 0.3) is 0 Å². The van der Waals surface area contributed by atoms with Gasteiger partial charge in [0.2, 0.25) is 5.91 Å². The van der Waals surface area contributed by atoms with Gasteiger partial charge in [-0.1, -0.05) is 0 Å². The molecule has 0 aliphatic heterocycles. The van der Waals surface area contributed by atoms with Gasteiger partial charge in [-0.15, -0.1) is 11.8 Å². The van der Waals surface area contributed by atoms with Gasteiger partial charge >= 0.3 is 0 Å². The maximum absolute atomic E-state index is 12.7. The fraction of sp³-hybridized carbons (Fsp3) is 0.500. The molecule has 1 fully saturated rings. The Morgan fingerprint density at radius 3 is 2.61 bits per heavy atom. The second-order valence-electron chi connectivity index (χ2n) is 4.83. The Hall–Kier alpha value is -1.03. The fourth-order valence-electron chi connectivity index (χ4n) is 1.90. The maximum atomic E-state index is 12.7. The molecule has 2 nitrogen and oxygen atoms in total. The molecule has 0 spiro atoms. The van der Waals surface area contributed by atoms with E-state index in [1.807, 2.05) is 11.9 Å². The van der Waals surface area contributed by atoms with Gasteiger partial charge in [-0.05, 0) is 49.9 Å². The number of carbonyl (C=O) groups excluding carboxylic acids is 1. The Labute approximate surface area is 112 Å². The third-order valence-electron chi connectivity index (χ3n) is 3.48. The number of benzene rings is 1. The molecule has 1 aliphatic carbocycles. The van der Waals surface area contributed by atoms with Gasteiger partial charge in [0.15, 0.2) is 0 Å². The topological polar surface area (TPSA) is 20.3 Å². The number of carbonyl (C=O) groups is 1. The molecule has 0 heterocycles. The van der Waals surface area contributed by atoms with Gasteiger partial charge in [0.05, 0.1) is 5.75 Å². The minimum absolute atomic E-state index is 0.142. The minimum Gasteiger partial charge on any atom is -0.342 e. The molecule has 4 heteroatoms. The van der Waals surface area contributed by atoms with Crippen LogP contribution in [0.2, 0.25) is 0 Å². The number of amides is 1. The summed E-state index contributed by atoms with van der Waals surface area (Å²) in [5.41, 5.74) is 0. The van der Waals surface area contributed by atoms with Gasteiger partial charge in [-0.2, -0.15) is 0 Å². The lowest BCUT2D eigenvalue weighted by Crippen LogP contribution is -2.37. The highest BCUT2D eigenvalue weighted by atomic mass is 32.2. The highest BCUT2D eigenvalue weighted by Crippen LogP contribution is 2.34. The van der Waals surface area contributed by atoms with Crippen LogP contribution in [0.4, 0.5) is 4.39 Å². The van der Waals surface area contributed by atoms with Crippen molar-refractivity contribution >= 4 is 17.7 Å². The Kier molecular flexibility index (Phi) is 4.27. The summed E-state index contributed by atoms with van der Waals surface area (Å²) in [6.45, 7) is 2.11. The van der Waals surface area contributed by atoms with Crippen LogP contribution in [-0.4, -0.2) is 29.6 Å². The second kappa shape index (κ2) is 5.74. The van der Waals surface area contributed by atoms with E-state index in [-0.39, 0.29) is 11.7 Å². The monoisotopic (exact) mass is 267 g/mol. The van der Waals surface area contributed by atoms with Gasteiger partial charge < -0.3 is 4.90 Å². The standard InChI is InChI=1S/C14H18FNOS/c1-10(11-3-4-11)16(2)14(17)9-18-13-7-5-12(15)6-8-13/h5-8,10-11H,3-4,9H2,1-2H3. The number of hydrogen-bond donors (Lipinski definition) is 0. The first-order valence-electron chi connectivity index (χ1n) is 6.22. The average Bonchev–Trinajstić information content (AvgIpc) is 3.20. The highest BCUT2D eigenvalue weighted by molar-refractivity contribution is 8.00. The summed E-state index contributed by atoms with van der Waals surface area (Å²) >= 11 is 1.46. The van der Waals surface area contributed by atoms with Crippen molar-refractivity contribution in [3.05, 3.63) is 30.1 Å². The van der Waals surface area contributed by atoms with Crippen molar-refractivity contribution in [1.29, 1.82) is 0 Å². The minimum atomic E-state index is -0.245. The lowest BCUT2D eigenvalue weighted by molar-refractivity contribution is -0.129. The molecule has 1 aromatic carbocycles. The van der Waals surface area contributed by atoms with Crippen molar-refractivity contribution in [3.63, 3.8) is 0 Å². The molecule has 0 aromatic heterocycles. The molecule has 18 heavy (non-hydrogen) atoms. The Morgan fingerprint density at radius 2 is 2.06 bits per heavy atom. The van der Waals surface area contributed by atoms with Crippen LogP contribution in [0.15, 0.2) is 29.2 Å². The summed E-state index contributed by atoms with van der Waals surface area (Å²) in [5, 5.41) is 0. The zero-order chi connectivity index (χ0) is 13.1. The summed E-state index contributed by atoms with van der Waals surface area (Å²) in [6.07, 6.45) is 2.48. The van der Waals surface area contributed by atoms with Gasteiger partial charge in [0.25, 0.3) is 0 Å². The van der Waals surface area contributed by atoms with E-state index in [2.05, 4.69) is 6.92 Å². The van der Waals surface area contributed by atoms with E-state index in [1.165, 1.54) is 36.7 Å². The van der Waals surface area contributed by atoms with Gasteiger partial charge in [-0.3, -0.25) is 4.79 Å². The van der Waals surface area contributed by atoms with Gasteiger partial charge in [0, 0.05) is 18.0 Å². The Morgan fingerprint density at radius 1 is 1.44 bits per heavy atom. The maximum Gasteiger partial charge on any atom is 0.232 e. The first kappa shape index (κ1) is 13.4. The molecule has 1 aromatic rings. The second-order valence-corrected chi connectivity index (χ2v) is 5.87. The van der Waals surface area contributed by atoms with Crippen molar-refractivity contribution in [2.45, 2.75) is 30.7 Å². The highest BCUT2D eigenvalue weighted by Gasteiger charge is 2.32. The van der Waals surface area contributed by atoms with Crippen molar-refractivity contribution in [1.82, 2.24) is 4.90 Å². The summed E-state index contributed by atoms with van der Waals surface area (Å²) in [5.74, 6) is 1.00. The van der Waals surface area contributed by atoms with Crippen molar-refractivity contribution in [3.8, 4) is 0 Å². The van der Waals surface area contributed by atoms with Crippen LogP contribution in [-0.2, 0) is 4.79 Å². The van der Waals surface area contributed by atoms with Gasteiger partial charge in [0.1, 0.15) is 5.82 Å². The van der Waals surface area contributed by atoms with Crippen LogP contribution in [0, 0.1) is 11.7 Å². The third kappa shape index (κ3) is 3.48. The van der Waals surface area contributed by atoms with Crippen molar-refractivity contribution < 1.29 is 9.18 Å². The lowest BCUT2D eigenvalue weighted by Gasteiger charge is -2.24. The third-order valence-corrected chi connectivity index (χ3v) is 4.48. The molecule has 1 unspecified atom stereocenters. The SMILES string of the molecule is CC(C1CC1)N(C)C(=O)CSc1ccc(F)cc1. The Balaban J connectivity index is 1.81. The van der Waals surface area contributed by atoms with Crippen LogP contribution in [0.5, 0.6) is 0 Å². The molecule has 0 bridgehead atoms. The Bertz CT molecular complexity index is 416. The molecular weight excluding hydrogens is 249 g/mol. The molecule has 1 atom stereocenters. The van der Waals surface area contributed by atoms with Gasteiger partial charge in [-0.25, -0.2) is 4.39 Å². The van der Waals surface area contributed by atoms with Crippen LogP contribution in [0.3, 0.4) is 0 Å². The largest absolute Gasteiger partial charge is 0.342 e. The van der Waals surface area contributed by atoms with E-state index in [0.717, 1.165) is 4.90 Å². The molecule has 1 amide bonds. The molecule has 0 N–H and O–H groups in total. The fourth-order valence-corrected chi connectivity index (χ4v) is 2.72. The van der Waals surface area contributed by atoms with E-state index >= 15 is 0 Å². The molecule has 98 valence electrons. The number of nitrogens with zero attached hydrogens (tertiary/aromatic N) is 1. The lowest BCUT2D eigenvalue weighted by atomic mass is 10.2. The predicted octanol–water partition coefficient (Wildman–Crippen LogP) is 3.17. The molecule has 2 rings (SSSR count). The first-order valence-corrected chi connectivity index (χ1v) is 7.20. The number of rotatable bonds is 5. The van der Waals surface area contributed by atoms with Crippen molar-refractivity contribution in [2.75, 3.05) is 12.8 Å². The first-order chi connectivity index (χ1) is 8.58. The van der Waals surface area contributed by atoms with E-state index in [1.54, 1.807) is 12.1 Å². The van der Waals surface area contributed by atoms with Crippen molar-refractivity contribution in [2.24, 2.45) is 5.92 Å². The van der Waals surface area contributed by atoms with E-state index in [9.17, 15) is 9.18 Å². The molecule has 0 radical (unpaired) electrons. The van der Waals surface area contributed by atoms with Crippen LogP contribution < -0.4 is 0 Å². The van der Waals surface area contributed by atoms with E-state index < -0.39 is 0 Å². The van der Waals surface area contributed by atoms with E-state index in [0.29, 0.717) is 17.7 Å². The summed E-state index contributed by atoms with van der Waals surface area (Å²) in [4.78, 5) is 14.8. The van der Waals surface area contributed by atoms with E-state index in [4.69, 9.17) is 0 Å². The molecule has 1 aliphatic rings. The number of thioether (sulfide) groups is 1. The molecule has 1 saturated carbocycles. The zero-order valence-electron chi connectivity index (χ0n) is 10.7. The predicted molar refractivity (Wildman–Crippen MR) is 72.1 cm³/mol. The van der Waals surface area contributed by atoms with Crippen LogP contribution in [0.1, 0.15) is 19.8 Å². The molecule has 0 saturated heterocycles. The number of hydrogen-bond acceptors (Lipinski definition) is 2. The smallest absolute Gasteiger partial charge is 0.232 e. The molecular formula is C14H18FNOS. The normalized spacial score (nSPS) is 16.4.